The highest BCUT2D eigenvalue weighted by Crippen LogP contribution is 2.20. The molecule has 2 nitrogen and oxygen atoms in total. The molecule has 1 aliphatic heterocycles. The third-order valence-corrected chi connectivity index (χ3v) is 4.41. The highest BCUT2D eigenvalue weighted by atomic mass is 15.2. The van der Waals surface area contributed by atoms with Gasteiger partial charge in [-0.05, 0) is 24.3 Å². The van der Waals surface area contributed by atoms with Gasteiger partial charge in [0.1, 0.15) is 0 Å². The lowest BCUT2D eigenvalue weighted by Gasteiger charge is -2.41. The zero-order chi connectivity index (χ0) is 13.8. The van der Waals surface area contributed by atoms with E-state index in [9.17, 15) is 0 Å². The maximum atomic E-state index is 3.67. The minimum atomic E-state index is 0.606. The number of rotatable bonds is 4. The summed E-state index contributed by atoms with van der Waals surface area (Å²) in [7, 11) is 0. The molecule has 0 saturated carbocycles. The Kier molecular flexibility index (Phi) is 5.00. The summed E-state index contributed by atoms with van der Waals surface area (Å²) in [5.41, 5.74) is 1.45. The molecular formula is C17H28N2. The lowest BCUT2D eigenvalue weighted by atomic mass is 9.96. The van der Waals surface area contributed by atoms with Gasteiger partial charge in [-0.25, -0.2) is 0 Å². The summed E-state index contributed by atoms with van der Waals surface area (Å²) in [6.07, 6.45) is 0. The molecule has 2 rings (SSSR count). The van der Waals surface area contributed by atoms with E-state index in [1.165, 1.54) is 12.1 Å². The first-order valence-corrected chi connectivity index (χ1v) is 7.60. The van der Waals surface area contributed by atoms with Crippen molar-refractivity contribution in [2.24, 2.45) is 5.92 Å². The van der Waals surface area contributed by atoms with E-state index in [0.29, 0.717) is 23.9 Å². The Morgan fingerprint density at radius 1 is 1.21 bits per heavy atom. The zero-order valence-electron chi connectivity index (χ0n) is 12.8. The molecule has 106 valence electrons. The Hall–Kier alpha value is -0.860. The van der Waals surface area contributed by atoms with Crippen LogP contribution >= 0.6 is 0 Å². The van der Waals surface area contributed by atoms with Gasteiger partial charge in [0.05, 0.1) is 0 Å². The van der Waals surface area contributed by atoms with E-state index in [-0.39, 0.29) is 0 Å². The Morgan fingerprint density at radius 3 is 2.53 bits per heavy atom. The number of piperazine rings is 1. The molecule has 0 radical (unpaired) electrons. The Balaban J connectivity index is 1.97. The molecular weight excluding hydrogens is 232 g/mol. The largest absolute Gasteiger partial charge is 0.311 e. The van der Waals surface area contributed by atoms with Crippen molar-refractivity contribution in [1.29, 1.82) is 0 Å². The fourth-order valence-electron chi connectivity index (χ4n) is 2.89. The minimum absolute atomic E-state index is 0.606. The van der Waals surface area contributed by atoms with Gasteiger partial charge in [-0.15, -0.1) is 0 Å². The first-order chi connectivity index (χ1) is 9.08. The van der Waals surface area contributed by atoms with Crippen LogP contribution in [0, 0.1) is 5.92 Å². The fourth-order valence-corrected chi connectivity index (χ4v) is 2.89. The molecule has 3 atom stereocenters. The molecule has 1 saturated heterocycles. The van der Waals surface area contributed by atoms with Crippen LogP contribution in [0.5, 0.6) is 0 Å². The van der Waals surface area contributed by atoms with Crippen LogP contribution in [0.2, 0.25) is 0 Å². The summed E-state index contributed by atoms with van der Waals surface area (Å²) < 4.78 is 0. The highest BCUT2D eigenvalue weighted by Gasteiger charge is 2.27. The maximum absolute atomic E-state index is 3.67. The monoisotopic (exact) mass is 260 g/mol. The number of nitrogens with one attached hydrogen (secondary N) is 1. The van der Waals surface area contributed by atoms with Gasteiger partial charge in [-0.2, -0.15) is 0 Å². The molecule has 1 N–H and O–H groups in total. The van der Waals surface area contributed by atoms with Crippen molar-refractivity contribution in [1.82, 2.24) is 10.2 Å². The third-order valence-electron chi connectivity index (χ3n) is 4.41. The van der Waals surface area contributed by atoms with Crippen molar-refractivity contribution < 1.29 is 0 Å². The first kappa shape index (κ1) is 14.5. The second-order valence-corrected chi connectivity index (χ2v) is 6.37. The van der Waals surface area contributed by atoms with Crippen molar-refractivity contribution in [3.05, 3.63) is 35.9 Å². The molecule has 0 aromatic heterocycles. The molecule has 1 aromatic carbocycles. The predicted octanol–water partition coefficient (Wildman–Crippen LogP) is 3.11. The average Bonchev–Trinajstić information content (AvgIpc) is 2.42. The van der Waals surface area contributed by atoms with Crippen molar-refractivity contribution in [3.63, 3.8) is 0 Å². The van der Waals surface area contributed by atoms with Crippen LogP contribution < -0.4 is 5.32 Å². The maximum Gasteiger partial charge on any atom is 0.0218 e. The van der Waals surface area contributed by atoms with E-state index in [0.717, 1.165) is 13.1 Å². The van der Waals surface area contributed by atoms with Crippen molar-refractivity contribution in [2.45, 2.75) is 45.7 Å². The summed E-state index contributed by atoms with van der Waals surface area (Å²) in [5, 5.41) is 3.67. The first-order valence-electron chi connectivity index (χ1n) is 7.60. The molecule has 19 heavy (non-hydrogen) atoms. The van der Waals surface area contributed by atoms with Gasteiger partial charge in [0.15, 0.2) is 0 Å². The number of hydrogen-bond acceptors (Lipinski definition) is 2. The van der Waals surface area contributed by atoms with Crippen molar-refractivity contribution >= 4 is 0 Å². The molecule has 1 fully saturated rings. The summed E-state index contributed by atoms with van der Waals surface area (Å²) in [6, 6.07) is 12.2. The molecule has 0 bridgehead atoms. The van der Waals surface area contributed by atoms with Crippen molar-refractivity contribution in [3.8, 4) is 0 Å². The highest BCUT2D eigenvalue weighted by molar-refractivity contribution is 5.19. The fraction of sp³-hybridized carbons (Fsp3) is 0.647. The van der Waals surface area contributed by atoms with Gasteiger partial charge >= 0.3 is 0 Å². The van der Waals surface area contributed by atoms with Crippen LogP contribution in [0.25, 0.3) is 0 Å². The van der Waals surface area contributed by atoms with Crippen LogP contribution in [0.3, 0.4) is 0 Å². The molecule has 2 heteroatoms. The Morgan fingerprint density at radius 2 is 1.89 bits per heavy atom. The molecule has 1 heterocycles. The van der Waals surface area contributed by atoms with E-state index in [4.69, 9.17) is 0 Å². The van der Waals surface area contributed by atoms with Crippen LogP contribution in [0.15, 0.2) is 30.3 Å². The topological polar surface area (TPSA) is 15.3 Å². The molecule has 0 aliphatic carbocycles. The van der Waals surface area contributed by atoms with Crippen LogP contribution in [0.4, 0.5) is 0 Å². The number of nitrogens with zero attached hydrogens (tertiary/aromatic N) is 1. The molecule has 1 aliphatic rings. The predicted molar refractivity (Wildman–Crippen MR) is 82.5 cm³/mol. The Labute approximate surface area is 118 Å². The third kappa shape index (κ3) is 3.80. The SMILES string of the molecule is CC(CN1CC(C(C)C)NCC1C)c1ccccc1. The normalized spacial score (nSPS) is 26.6. The van der Waals surface area contributed by atoms with Gasteiger partial charge in [0.2, 0.25) is 0 Å². The van der Waals surface area contributed by atoms with Gasteiger partial charge in [0.25, 0.3) is 0 Å². The van der Waals surface area contributed by atoms with E-state index in [1.807, 2.05) is 0 Å². The van der Waals surface area contributed by atoms with Crippen LogP contribution in [0.1, 0.15) is 39.2 Å². The van der Waals surface area contributed by atoms with Crippen LogP contribution in [-0.4, -0.2) is 36.6 Å². The van der Waals surface area contributed by atoms with Gasteiger partial charge in [-0.1, -0.05) is 51.1 Å². The molecule has 3 unspecified atom stereocenters. The van der Waals surface area contributed by atoms with E-state index in [1.54, 1.807) is 0 Å². The summed E-state index contributed by atoms with van der Waals surface area (Å²) in [5.74, 6) is 1.32. The summed E-state index contributed by atoms with van der Waals surface area (Å²) in [6.45, 7) is 12.8. The number of hydrogen-bond donors (Lipinski definition) is 1. The average molecular weight is 260 g/mol. The smallest absolute Gasteiger partial charge is 0.0218 e. The summed E-state index contributed by atoms with van der Waals surface area (Å²) in [4.78, 5) is 2.65. The second-order valence-electron chi connectivity index (χ2n) is 6.37. The lowest BCUT2D eigenvalue weighted by Crippen LogP contribution is -2.57. The van der Waals surface area contributed by atoms with Crippen LogP contribution in [-0.2, 0) is 0 Å². The number of benzene rings is 1. The second kappa shape index (κ2) is 6.53. The quantitative estimate of drug-likeness (QED) is 0.895. The lowest BCUT2D eigenvalue weighted by molar-refractivity contribution is 0.117. The minimum Gasteiger partial charge on any atom is -0.311 e. The summed E-state index contributed by atoms with van der Waals surface area (Å²) >= 11 is 0. The van der Waals surface area contributed by atoms with Crippen molar-refractivity contribution in [2.75, 3.05) is 19.6 Å². The molecule has 0 amide bonds. The zero-order valence-corrected chi connectivity index (χ0v) is 12.8. The van der Waals surface area contributed by atoms with Gasteiger partial charge < -0.3 is 5.32 Å². The molecule has 0 spiro atoms. The van der Waals surface area contributed by atoms with E-state index < -0.39 is 0 Å². The van der Waals surface area contributed by atoms with Gasteiger partial charge in [0, 0.05) is 31.7 Å². The Bertz CT molecular complexity index is 374. The standard InChI is InChI=1S/C17H28N2/c1-13(2)17-12-19(15(4)10-18-17)11-14(3)16-8-6-5-7-9-16/h5-9,13-15,17-18H,10-12H2,1-4H3. The van der Waals surface area contributed by atoms with E-state index in [2.05, 4.69) is 68.2 Å². The van der Waals surface area contributed by atoms with E-state index >= 15 is 0 Å². The van der Waals surface area contributed by atoms with Gasteiger partial charge in [-0.3, -0.25) is 4.90 Å². The molecule has 1 aromatic rings.